The number of carbonyl (C=O) groups excluding carboxylic acids is 1. The average Bonchev–Trinajstić information content (AvgIpc) is 2.73. The second-order valence-corrected chi connectivity index (χ2v) is 8.33. The molecule has 0 aliphatic carbocycles. The number of methoxy groups -OCH3 is 1. The molecule has 0 atom stereocenters. The Bertz CT molecular complexity index is 883. The average molecular weight is 501 g/mol. The fourth-order valence-electron chi connectivity index (χ4n) is 3.56. The molecule has 1 fully saturated rings. The second kappa shape index (κ2) is 10.4. The molecular weight excluding hydrogens is 477 g/mol. The van der Waals surface area contributed by atoms with Crippen LogP contribution in [0.5, 0.6) is 11.5 Å². The zero-order valence-electron chi connectivity index (χ0n) is 17.0. The van der Waals surface area contributed by atoms with Crippen molar-refractivity contribution >= 4 is 21.8 Å². The number of likely N-dealkylation sites (tertiary alicyclic amines) is 1. The van der Waals surface area contributed by atoms with Crippen molar-refractivity contribution in [1.82, 2.24) is 10.2 Å². The molecule has 0 bridgehead atoms. The number of rotatable bonds is 7. The highest BCUT2D eigenvalue weighted by Gasteiger charge is 2.32. The smallest absolute Gasteiger partial charge is 0.497 e. The first-order valence-corrected chi connectivity index (χ1v) is 10.7. The van der Waals surface area contributed by atoms with Crippen LogP contribution >= 0.6 is 15.9 Å². The molecule has 1 heterocycles. The Morgan fingerprint density at radius 1 is 1.16 bits per heavy atom. The van der Waals surface area contributed by atoms with E-state index in [0.29, 0.717) is 17.3 Å². The lowest BCUT2D eigenvalue weighted by atomic mass is 9.95. The summed E-state index contributed by atoms with van der Waals surface area (Å²) < 4.78 is 47.6. The number of ether oxygens (including phenoxy) is 2. The van der Waals surface area contributed by atoms with Crippen LogP contribution in [0.3, 0.4) is 0 Å². The molecule has 1 aliphatic heterocycles. The van der Waals surface area contributed by atoms with Gasteiger partial charge in [0.05, 0.1) is 7.11 Å². The Labute approximate surface area is 187 Å². The minimum absolute atomic E-state index is 0.0242. The highest BCUT2D eigenvalue weighted by atomic mass is 79.9. The van der Waals surface area contributed by atoms with E-state index < -0.39 is 6.36 Å². The highest BCUT2D eigenvalue weighted by molar-refractivity contribution is 9.10. The fourth-order valence-corrected chi connectivity index (χ4v) is 3.90. The summed E-state index contributed by atoms with van der Waals surface area (Å²) in [6.07, 6.45) is -3.39. The minimum Gasteiger partial charge on any atom is -0.497 e. The molecule has 0 aromatic heterocycles. The molecule has 0 radical (unpaired) electrons. The molecule has 0 unspecified atom stereocenters. The van der Waals surface area contributed by atoms with Crippen LogP contribution in [0, 0.1) is 5.92 Å². The van der Waals surface area contributed by atoms with E-state index in [9.17, 15) is 18.0 Å². The van der Waals surface area contributed by atoms with Crippen molar-refractivity contribution in [3.63, 3.8) is 0 Å². The highest BCUT2D eigenvalue weighted by Crippen LogP contribution is 2.29. The van der Waals surface area contributed by atoms with Crippen LogP contribution in [-0.2, 0) is 17.9 Å². The molecule has 9 heteroatoms. The Morgan fingerprint density at radius 3 is 2.45 bits per heavy atom. The van der Waals surface area contributed by atoms with Crippen molar-refractivity contribution < 1.29 is 27.4 Å². The quantitative estimate of drug-likeness (QED) is 0.588. The van der Waals surface area contributed by atoms with Crippen molar-refractivity contribution in [3.8, 4) is 11.5 Å². The first kappa shape index (κ1) is 23.4. The molecule has 0 saturated carbocycles. The van der Waals surface area contributed by atoms with Gasteiger partial charge in [-0.25, -0.2) is 0 Å². The van der Waals surface area contributed by atoms with E-state index in [0.717, 1.165) is 25.4 Å². The summed E-state index contributed by atoms with van der Waals surface area (Å²) in [5, 5.41) is 2.76. The molecule has 1 aliphatic rings. The SMILES string of the molecule is COc1ccc(CN2CCC(C(=O)NCc3ccc(Br)cc3OC(F)(F)F)CC2)cc1. The van der Waals surface area contributed by atoms with Gasteiger partial charge in [-0.2, -0.15) is 0 Å². The van der Waals surface area contributed by atoms with Gasteiger partial charge in [0.15, 0.2) is 0 Å². The molecule has 1 N–H and O–H groups in total. The van der Waals surface area contributed by atoms with Gasteiger partial charge < -0.3 is 14.8 Å². The van der Waals surface area contributed by atoms with Crippen molar-refractivity contribution in [1.29, 1.82) is 0 Å². The summed E-state index contributed by atoms with van der Waals surface area (Å²) >= 11 is 3.14. The van der Waals surface area contributed by atoms with Gasteiger partial charge in [-0.05, 0) is 55.8 Å². The van der Waals surface area contributed by atoms with Crippen molar-refractivity contribution in [2.75, 3.05) is 20.2 Å². The van der Waals surface area contributed by atoms with Crippen LogP contribution < -0.4 is 14.8 Å². The zero-order chi connectivity index (χ0) is 22.4. The molecule has 168 valence electrons. The standard InChI is InChI=1S/C22H24BrF3N2O3/c1-30-19-6-2-15(3-7-19)14-28-10-8-16(9-11-28)21(29)27-13-17-4-5-18(23)12-20(17)31-22(24,25)26/h2-7,12,16H,8-11,13-14H2,1H3,(H,27,29). The van der Waals surface area contributed by atoms with Gasteiger partial charge in [0, 0.05) is 29.0 Å². The van der Waals surface area contributed by atoms with Crippen LogP contribution in [0.2, 0.25) is 0 Å². The number of benzene rings is 2. The van der Waals surface area contributed by atoms with E-state index in [1.807, 2.05) is 24.3 Å². The molecule has 5 nitrogen and oxygen atoms in total. The Kier molecular flexibility index (Phi) is 7.83. The van der Waals surface area contributed by atoms with Crippen LogP contribution in [0.25, 0.3) is 0 Å². The van der Waals surface area contributed by atoms with Gasteiger partial charge in [-0.1, -0.05) is 34.1 Å². The summed E-state index contributed by atoms with van der Waals surface area (Å²) in [7, 11) is 1.63. The summed E-state index contributed by atoms with van der Waals surface area (Å²) in [6, 6.07) is 12.3. The Balaban J connectivity index is 1.49. The molecule has 31 heavy (non-hydrogen) atoms. The van der Waals surface area contributed by atoms with E-state index >= 15 is 0 Å². The largest absolute Gasteiger partial charge is 0.573 e. The third kappa shape index (κ3) is 7.14. The van der Waals surface area contributed by atoms with Crippen LogP contribution in [0.4, 0.5) is 13.2 Å². The first-order chi connectivity index (χ1) is 14.7. The molecule has 3 rings (SSSR count). The monoisotopic (exact) mass is 500 g/mol. The molecule has 2 aromatic carbocycles. The fraction of sp³-hybridized carbons (Fsp3) is 0.409. The van der Waals surface area contributed by atoms with Crippen LogP contribution in [0.15, 0.2) is 46.9 Å². The number of piperidine rings is 1. The maximum atomic E-state index is 12.6. The lowest BCUT2D eigenvalue weighted by molar-refractivity contribution is -0.274. The van der Waals surface area contributed by atoms with Gasteiger partial charge >= 0.3 is 6.36 Å². The predicted molar refractivity (Wildman–Crippen MR) is 114 cm³/mol. The molecular formula is C22H24BrF3N2O3. The van der Waals surface area contributed by atoms with Crippen LogP contribution in [-0.4, -0.2) is 37.4 Å². The van der Waals surface area contributed by atoms with Gasteiger partial charge in [0.2, 0.25) is 5.91 Å². The summed E-state index contributed by atoms with van der Waals surface area (Å²) in [5.74, 6) is 0.185. The molecule has 1 amide bonds. The summed E-state index contributed by atoms with van der Waals surface area (Å²) in [5.41, 5.74) is 1.45. The number of halogens is 4. The molecule has 1 saturated heterocycles. The number of nitrogens with one attached hydrogen (secondary N) is 1. The van der Waals surface area contributed by atoms with E-state index in [1.165, 1.54) is 17.7 Å². The predicted octanol–water partition coefficient (Wildman–Crippen LogP) is 4.88. The van der Waals surface area contributed by atoms with Crippen LogP contribution in [0.1, 0.15) is 24.0 Å². The van der Waals surface area contributed by atoms with Gasteiger partial charge in [0.25, 0.3) is 0 Å². The number of hydrogen-bond donors (Lipinski definition) is 1. The number of amides is 1. The Morgan fingerprint density at radius 2 is 1.84 bits per heavy atom. The first-order valence-electron chi connectivity index (χ1n) is 9.90. The number of nitrogens with zero attached hydrogens (tertiary/aromatic N) is 1. The number of carbonyl (C=O) groups is 1. The molecule has 0 spiro atoms. The lowest BCUT2D eigenvalue weighted by Crippen LogP contribution is -2.40. The Hall–Kier alpha value is -2.26. The normalized spacial score (nSPS) is 15.5. The topological polar surface area (TPSA) is 50.8 Å². The summed E-state index contributed by atoms with van der Waals surface area (Å²) in [6.45, 7) is 2.34. The van der Waals surface area contributed by atoms with Gasteiger partial charge in [-0.3, -0.25) is 9.69 Å². The lowest BCUT2D eigenvalue weighted by Gasteiger charge is -2.31. The van der Waals surface area contributed by atoms with E-state index in [4.69, 9.17) is 4.74 Å². The van der Waals surface area contributed by atoms with E-state index in [-0.39, 0.29) is 29.7 Å². The number of alkyl halides is 3. The minimum atomic E-state index is -4.80. The van der Waals surface area contributed by atoms with Crippen molar-refractivity contribution in [3.05, 3.63) is 58.1 Å². The maximum Gasteiger partial charge on any atom is 0.573 e. The van der Waals surface area contributed by atoms with Gasteiger partial charge in [0.1, 0.15) is 11.5 Å². The van der Waals surface area contributed by atoms with Crippen molar-refractivity contribution in [2.24, 2.45) is 5.92 Å². The van der Waals surface area contributed by atoms with Gasteiger partial charge in [-0.15, -0.1) is 13.2 Å². The third-order valence-corrected chi connectivity index (χ3v) is 5.72. The third-order valence-electron chi connectivity index (χ3n) is 5.23. The van der Waals surface area contributed by atoms with E-state index in [2.05, 4.69) is 30.9 Å². The van der Waals surface area contributed by atoms with Crippen molar-refractivity contribution in [2.45, 2.75) is 32.3 Å². The summed E-state index contributed by atoms with van der Waals surface area (Å²) in [4.78, 5) is 14.8. The second-order valence-electron chi connectivity index (χ2n) is 7.42. The van der Waals surface area contributed by atoms with E-state index in [1.54, 1.807) is 13.2 Å². The maximum absolute atomic E-state index is 12.6. The number of hydrogen-bond acceptors (Lipinski definition) is 4. The zero-order valence-corrected chi connectivity index (χ0v) is 18.6. The molecule has 2 aromatic rings.